The van der Waals surface area contributed by atoms with Crippen LogP contribution in [0.15, 0.2) is 29.2 Å². The number of hydrogen-bond acceptors (Lipinski definition) is 4. The lowest BCUT2D eigenvalue weighted by Crippen LogP contribution is -2.40. The highest BCUT2D eigenvalue weighted by Crippen LogP contribution is 2.36. The zero-order valence-corrected chi connectivity index (χ0v) is 20.6. The summed E-state index contributed by atoms with van der Waals surface area (Å²) in [6.45, 7) is 8.56. The highest BCUT2D eigenvalue weighted by Gasteiger charge is 2.25. The number of aromatic nitrogens is 3. The number of piperidine rings is 1. The van der Waals surface area contributed by atoms with E-state index in [1.165, 1.54) is 5.56 Å². The van der Waals surface area contributed by atoms with Crippen molar-refractivity contribution < 1.29 is 4.79 Å². The number of aromatic amines is 1. The first-order chi connectivity index (χ1) is 15.7. The highest BCUT2D eigenvalue weighted by atomic mass is 16.2. The first-order valence-corrected chi connectivity index (χ1v) is 11.8. The Labute approximate surface area is 195 Å². The number of amides is 1. The third kappa shape index (κ3) is 4.60. The first-order valence-electron chi connectivity index (χ1n) is 11.8. The standard InChI is InChI=1S/C26H35N5O2/c1-16(2)23-24(19-13-17(3)26(33)30(6)14-19)28-21-8-7-20(27-25(21)23)18-9-11-31(12-10-18)15-22(32)29(4)5/h7-8,13-14,16,18,28H,9-12,15H2,1-6H3. The van der Waals surface area contributed by atoms with Crippen LogP contribution < -0.4 is 5.56 Å². The summed E-state index contributed by atoms with van der Waals surface area (Å²) < 4.78 is 1.65. The molecule has 33 heavy (non-hydrogen) atoms. The molecule has 7 nitrogen and oxygen atoms in total. The molecule has 3 aromatic heterocycles. The lowest BCUT2D eigenvalue weighted by Gasteiger charge is -2.31. The Morgan fingerprint density at radius 2 is 1.94 bits per heavy atom. The van der Waals surface area contributed by atoms with Crippen LogP contribution in [0.2, 0.25) is 0 Å². The summed E-state index contributed by atoms with van der Waals surface area (Å²) in [5.74, 6) is 0.842. The first kappa shape index (κ1) is 23.2. The predicted molar refractivity (Wildman–Crippen MR) is 133 cm³/mol. The van der Waals surface area contributed by atoms with Gasteiger partial charge in [-0.3, -0.25) is 19.5 Å². The van der Waals surface area contributed by atoms with Crippen molar-refractivity contribution in [3.05, 3.63) is 51.6 Å². The topological polar surface area (TPSA) is 74.2 Å². The molecular formula is C26H35N5O2. The molecule has 1 saturated heterocycles. The number of pyridine rings is 2. The van der Waals surface area contributed by atoms with Crippen molar-refractivity contribution in [3.63, 3.8) is 0 Å². The molecule has 0 aromatic carbocycles. The third-order valence-corrected chi connectivity index (χ3v) is 6.79. The Bertz CT molecular complexity index is 1200. The molecule has 3 aromatic rings. The largest absolute Gasteiger partial charge is 0.353 e. The number of rotatable bonds is 5. The minimum atomic E-state index is 0.0278. The molecule has 4 heterocycles. The van der Waals surface area contributed by atoms with Crippen molar-refractivity contribution >= 4 is 16.9 Å². The van der Waals surface area contributed by atoms with Crippen molar-refractivity contribution in [1.82, 2.24) is 24.3 Å². The van der Waals surface area contributed by atoms with Gasteiger partial charge in [0.15, 0.2) is 0 Å². The summed E-state index contributed by atoms with van der Waals surface area (Å²) in [4.78, 5) is 36.9. The molecule has 1 aliphatic heterocycles. The highest BCUT2D eigenvalue weighted by molar-refractivity contribution is 5.88. The van der Waals surface area contributed by atoms with Crippen LogP contribution in [-0.2, 0) is 11.8 Å². The molecule has 0 unspecified atom stereocenters. The molecular weight excluding hydrogens is 414 g/mol. The molecule has 7 heteroatoms. The fourth-order valence-corrected chi connectivity index (χ4v) is 4.85. The molecule has 1 N–H and O–H groups in total. The van der Waals surface area contributed by atoms with Crippen LogP contribution in [0.3, 0.4) is 0 Å². The zero-order valence-electron chi connectivity index (χ0n) is 20.6. The van der Waals surface area contributed by atoms with Gasteiger partial charge >= 0.3 is 0 Å². The molecule has 0 saturated carbocycles. The summed E-state index contributed by atoms with van der Waals surface area (Å²) in [5.41, 5.74) is 7.19. The molecule has 1 fully saturated rings. The van der Waals surface area contributed by atoms with E-state index in [2.05, 4.69) is 35.9 Å². The van der Waals surface area contributed by atoms with Gasteiger partial charge in [-0.15, -0.1) is 0 Å². The average Bonchev–Trinajstić information content (AvgIpc) is 3.16. The van der Waals surface area contributed by atoms with Gasteiger partial charge in [-0.25, -0.2) is 0 Å². The van der Waals surface area contributed by atoms with Gasteiger partial charge < -0.3 is 14.5 Å². The summed E-state index contributed by atoms with van der Waals surface area (Å²) >= 11 is 0. The number of carbonyl (C=O) groups excluding carboxylic acids is 1. The third-order valence-electron chi connectivity index (χ3n) is 6.79. The van der Waals surface area contributed by atoms with E-state index in [1.807, 2.05) is 33.3 Å². The van der Waals surface area contributed by atoms with Gasteiger partial charge in [0.05, 0.1) is 23.3 Å². The fourth-order valence-electron chi connectivity index (χ4n) is 4.85. The normalized spacial score (nSPS) is 15.5. The molecule has 0 radical (unpaired) electrons. The Morgan fingerprint density at radius 1 is 1.24 bits per heavy atom. The Hall–Kier alpha value is -2.93. The lowest BCUT2D eigenvalue weighted by molar-refractivity contribution is -0.130. The lowest BCUT2D eigenvalue weighted by atomic mass is 9.92. The number of hydrogen-bond donors (Lipinski definition) is 1. The van der Waals surface area contributed by atoms with Gasteiger partial charge in [0, 0.05) is 55.6 Å². The van der Waals surface area contributed by atoms with Gasteiger partial charge in [0.1, 0.15) is 0 Å². The maximum absolute atomic E-state index is 12.2. The summed E-state index contributed by atoms with van der Waals surface area (Å²) in [6, 6.07) is 6.25. The second kappa shape index (κ2) is 9.14. The van der Waals surface area contributed by atoms with Gasteiger partial charge in [-0.05, 0) is 57.0 Å². The molecule has 0 spiro atoms. The second-order valence-corrected chi connectivity index (χ2v) is 9.87. The Balaban J connectivity index is 1.64. The fraction of sp³-hybridized carbons (Fsp3) is 0.500. The van der Waals surface area contributed by atoms with Crippen LogP contribution in [0.4, 0.5) is 0 Å². The number of likely N-dealkylation sites (tertiary alicyclic amines) is 1. The number of fused-ring (bicyclic) bond motifs is 1. The van der Waals surface area contributed by atoms with Crippen LogP contribution >= 0.6 is 0 Å². The minimum Gasteiger partial charge on any atom is -0.353 e. The SMILES string of the molecule is Cc1cc(-c2[nH]c3ccc(C4CCN(CC(=O)N(C)C)CC4)nc3c2C(C)C)cn(C)c1=O. The Morgan fingerprint density at radius 3 is 2.55 bits per heavy atom. The van der Waals surface area contributed by atoms with E-state index in [4.69, 9.17) is 4.98 Å². The number of carbonyl (C=O) groups is 1. The molecule has 0 bridgehead atoms. The van der Waals surface area contributed by atoms with Crippen molar-refractivity contribution in [2.45, 2.75) is 45.4 Å². The molecule has 0 atom stereocenters. The van der Waals surface area contributed by atoms with Crippen LogP contribution in [0.5, 0.6) is 0 Å². The molecule has 0 aliphatic carbocycles. The van der Waals surface area contributed by atoms with Crippen molar-refractivity contribution in [1.29, 1.82) is 0 Å². The zero-order chi connectivity index (χ0) is 23.9. The van der Waals surface area contributed by atoms with Crippen LogP contribution in [0.25, 0.3) is 22.3 Å². The van der Waals surface area contributed by atoms with Crippen molar-refractivity contribution in [3.8, 4) is 11.3 Å². The van der Waals surface area contributed by atoms with Crippen molar-refractivity contribution in [2.75, 3.05) is 33.7 Å². The number of nitrogens with zero attached hydrogens (tertiary/aromatic N) is 4. The smallest absolute Gasteiger partial charge is 0.253 e. The van der Waals surface area contributed by atoms with Gasteiger partial charge in [-0.1, -0.05) is 13.8 Å². The van der Waals surface area contributed by atoms with Crippen LogP contribution in [-0.4, -0.2) is 64.0 Å². The monoisotopic (exact) mass is 449 g/mol. The van der Waals surface area contributed by atoms with E-state index in [-0.39, 0.29) is 17.4 Å². The molecule has 176 valence electrons. The Kier molecular flexibility index (Phi) is 6.43. The summed E-state index contributed by atoms with van der Waals surface area (Å²) in [6.07, 6.45) is 3.92. The number of likely N-dealkylation sites (N-methyl/N-ethyl adjacent to an activating group) is 1. The second-order valence-electron chi connectivity index (χ2n) is 9.87. The summed E-state index contributed by atoms with van der Waals surface area (Å²) in [7, 11) is 5.41. The molecule has 1 amide bonds. The van der Waals surface area contributed by atoms with E-state index < -0.39 is 0 Å². The van der Waals surface area contributed by atoms with Crippen molar-refractivity contribution in [2.24, 2.45) is 7.05 Å². The van der Waals surface area contributed by atoms with Crippen LogP contribution in [0, 0.1) is 6.92 Å². The quantitative estimate of drug-likeness (QED) is 0.646. The van der Waals surface area contributed by atoms with E-state index in [0.29, 0.717) is 12.5 Å². The van der Waals surface area contributed by atoms with E-state index in [9.17, 15) is 9.59 Å². The van der Waals surface area contributed by atoms with Crippen LogP contribution in [0.1, 0.15) is 55.3 Å². The number of aryl methyl sites for hydroxylation is 2. The number of H-pyrrole nitrogens is 1. The van der Waals surface area contributed by atoms with Gasteiger partial charge in [-0.2, -0.15) is 0 Å². The van der Waals surface area contributed by atoms with Gasteiger partial charge in [0.2, 0.25) is 5.91 Å². The minimum absolute atomic E-state index is 0.0278. The summed E-state index contributed by atoms with van der Waals surface area (Å²) in [5, 5.41) is 0. The van der Waals surface area contributed by atoms with Gasteiger partial charge in [0.25, 0.3) is 5.56 Å². The maximum Gasteiger partial charge on any atom is 0.253 e. The number of nitrogens with one attached hydrogen (secondary N) is 1. The molecule has 1 aliphatic rings. The average molecular weight is 450 g/mol. The van der Waals surface area contributed by atoms with E-state index in [0.717, 1.165) is 59.5 Å². The van der Waals surface area contributed by atoms with E-state index in [1.54, 1.807) is 16.5 Å². The maximum atomic E-state index is 12.2. The predicted octanol–water partition coefficient (Wildman–Crippen LogP) is 3.63. The molecule has 4 rings (SSSR count). The van der Waals surface area contributed by atoms with E-state index >= 15 is 0 Å².